The standard InChI is InChI=1S/C14H20N2O2/c1-10-2-3-12(13(15)8-10)14(18)16-6-4-11(9-16)5-7-17/h2-3,8,11,17H,4-7,9,15H2,1H3. The first-order valence-electron chi connectivity index (χ1n) is 6.38. The largest absolute Gasteiger partial charge is 0.398 e. The highest BCUT2D eigenvalue weighted by molar-refractivity contribution is 5.99. The lowest BCUT2D eigenvalue weighted by Gasteiger charge is -2.17. The Morgan fingerprint density at radius 2 is 2.33 bits per heavy atom. The topological polar surface area (TPSA) is 66.6 Å². The van der Waals surface area contributed by atoms with Crippen molar-refractivity contribution in [2.45, 2.75) is 19.8 Å². The fraction of sp³-hybridized carbons (Fsp3) is 0.500. The van der Waals surface area contributed by atoms with Crippen LogP contribution >= 0.6 is 0 Å². The summed E-state index contributed by atoms with van der Waals surface area (Å²) in [4.78, 5) is 14.1. The average molecular weight is 248 g/mol. The molecule has 1 atom stereocenters. The third-order valence-electron chi connectivity index (χ3n) is 3.55. The fourth-order valence-corrected chi connectivity index (χ4v) is 2.48. The maximum atomic E-state index is 12.3. The van der Waals surface area contributed by atoms with E-state index in [0.717, 1.165) is 31.5 Å². The lowest BCUT2D eigenvalue weighted by atomic mass is 10.1. The maximum Gasteiger partial charge on any atom is 0.255 e. The van der Waals surface area contributed by atoms with E-state index in [2.05, 4.69) is 0 Å². The van der Waals surface area contributed by atoms with Crippen LogP contribution in [0.4, 0.5) is 5.69 Å². The minimum atomic E-state index is 0.00735. The molecule has 1 heterocycles. The molecule has 0 saturated carbocycles. The molecular weight excluding hydrogens is 228 g/mol. The van der Waals surface area contributed by atoms with E-state index in [1.807, 2.05) is 24.0 Å². The zero-order chi connectivity index (χ0) is 13.1. The smallest absolute Gasteiger partial charge is 0.255 e. The molecule has 18 heavy (non-hydrogen) atoms. The summed E-state index contributed by atoms with van der Waals surface area (Å²) in [5.41, 5.74) is 8.09. The van der Waals surface area contributed by atoms with Gasteiger partial charge in [-0.25, -0.2) is 0 Å². The van der Waals surface area contributed by atoms with Crippen molar-refractivity contribution in [3.8, 4) is 0 Å². The Morgan fingerprint density at radius 1 is 1.56 bits per heavy atom. The van der Waals surface area contributed by atoms with Crippen LogP contribution in [0.1, 0.15) is 28.8 Å². The SMILES string of the molecule is Cc1ccc(C(=O)N2CCC(CCO)C2)c(N)c1. The van der Waals surface area contributed by atoms with E-state index in [-0.39, 0.29) is 12.5 Å². The summed E-state index contributed by atoms with van der Waals surface area (Å²) >= 11 is 0. The van der Waals surface area contributed by atoms with Crippen molar-refractivity contribution in [1.82, 2.24) is 4.90 Å². The summed E-state index contributed by atoms with van der Waals surface area (Å²) < 4.78 is 0. The van der Waals surface area contributed by atoms with Crippen molar-refractivity contribution in [3.05, 3.63) is 29.3 Å². The van der Waals surface area contributed by atoms with Gasteiger partial charge in [-0.15, -0.1) is 0 Å². The van der Waals surface area contributed by atoms with E-state index in [4.69, 9.17) is 10.8 Å². The molecule has 3 N–H and O–H groups in total. The Labute approximate surface area is 107 Å². The van der Waals surface area contributed by atoms with Crippen LogP contribution < -0.4 is 5.73 Å². The number of carbonyl (C=O) groups is 1. The van der Waals surface area contributed by atoms with Gasteiger partial charge in [-0.2, -0.15) is 0 Å². The number of benzene rings is 1. The number of nitrogens with zero attached hydrogens (tertiary/aromatic N) is 1. The number of hydrogen-bond acceptors (Lipinski definition) is 3. The average Bonchev–Trinajstić information content (AvgIpc) is 2.77. The van der Waals surface area contributed by atoms with Gasteiger partial charge in [0.15, 0.2) is 0 Å². The van der Waals surface area contributed by atoms with E-state index in [1.54, 1.807) is 6.07 Å². The number of aliphatic hydroxyl groups excluding tert-OH is 1. The summed E-state index contributed by atoms with van der Waals surface area (Å²) in [5.74, 6) is 0.429. The summed E-state index contributed by atoms with van der Waals surface area (Å²) in [5, 5.41) is 8.92. The highest BCUT2D eigenvalue weighted by Crippen LogP contribution is 2.23. The Kier molecular flexibility index (Phi) is 3.87. The van der Waals surface area contributed by atoms with Crippen LogP contribution in [0.5, 0.6) is 0 Å². The number of likely N-dealkylation sites (tertiary alicyclic amines) is 1. The van der Waals surface area contributed by atoms with E-state index >= 15 is 0 Å². The lowest BCUT2D eigenvalue weighted by Crippen LogP contribution is -2.29. The summed E-state index contributed by atoms with van der Waals surface area (Å²) in [6.45, 7) is 3.64. The first-order chi connectivity index (χ1) is 8.61. The number of anilines is 1. The number of carbonyl (C=O) groups excluding carboxylic acids is 1. The second-order valence-electron chi connectivity index (χ2n) is 5.01. The lowest BCUT2D eigenvalue weighted by molar-refractivity contribution is 0.0786. The Bertz CT molecular complexity index is 445. The van der Waals surface area contributed by atoms with Gasteiger partial charge >= 0.3 is 0 Å². The molecule has 1 amide bonds. The third-order valence-corrected chi connectivity index (χ3v) is 3.55. The van der Waals surface area contributed by atoms with Gasteiger partial charge in [0.05, 0.1) is 5.56 Å². The van der Waals surface area contributed by atoms with Crippen LogP contribution in [0.2, 0.25) is 0 Å². The van der Waals surface area contributed by atoms with Crippen molar-refractivity contribution in [2.24, 2.45) is 5.92 Å². The minimum absolute atomic E-state index is 0.00735. The molecule has 1 unspecified atom stereocenters. The second-order valence-corrected chi connectivity index (χ2v) is 5.01. The van der Waals surface area contributed by atoms with E-state index in [0.29, 0.717) is 17.2 Å². The molecule has 0 spiro atoms. The molecule has 0 aromatic heterocycles. The van der Waals surface area contributed by atoms with Gasteiger partial charge in [-0.05, 0) is 43.4 Å². The molecule has 1 aromatic rings. The van der Waals surface area contributed by atoms with Gasteiger partial charge in [-0.3, -0.25) is 4.79 Å². The minimum Gasteiger partial charge on any atom is -0.398 e. The zero-order valence-electron chi connectivity index (χ0n) is 10.7. The van der Waals surface area contributed by atoms with E-state index < -0.39 is 0 Å². The van der Waals surface area contributed by atoms with Crippen molar-refractivity contribution in [2.75, 3.05) is 25.4 Å². The molecule has 1 aromatic carbocycles. The van der Waals surface area contributed by atoms with Gasteiger partial charge in [0, 0.05) is 25.4 Å². The quantitative estimate of drug-likeness (QED) is 0.795. The van der Waals surface area contributed by atoms with Gasteiger partial charge in [0.25, 0.3) is 5.91 Å². The highest BCUT2D eigenvalue weighted by atomic mass is 16.3. The Balaban J connectivity index is 2.08. The van der Waals surface area contributed by atoms with Crippen LogP contribution in [0.25, 0.3) is 0 Å². The number of rotatable bonds is 3. The van der Waals surface area contributed by atoms with Crippen molar-refractivity contribution < 1.29 is 9.90 Å². The molecule has 1 aliphatic heterocycles. The number of hydrogen-bond donors (Lipinski definition) is 2. The monoisotopic (exact) mass is 248 g/mol. The number of aryl methyl sites for hydroxylation is 1. The molecule has 1 aliphatic rings. The van der Waals surface area contributed by atoms with E-state index in [9.17, 15) is 4.79 Å². The third kappa shape index (κ3) is 2.64. The number of amides is 1. The van der Waals surface area contributed by atoms with Gasteiger partial charge in [0.2, 0.25) is 0 Å². The van der Waals surface area contributed by atoms with Crippen LogP contribution in [-0.2, 0) is 0 Å². The van der Waals surface area contributed by atoms with Crippen LogP contribution in [0, 0.1) is 12.8 Å². The summed E-state index contributed by atoms with van der Waals surface area (Å²) in [7, 11) is 0. The number of nitrogen functional groups attached to an aromatic ring is 1. The molecule has 0 aliphatic carbocycles. The van der Waals surface area contributed by atoms with Gasteiger partial charge < -0.3 is 15.7 Å². The number of nitrogens with two attached hydrogens (primary N) is 1. The highest BCUT2D eigenvalue weighted by Gasteiger charge is 2.27. The molecule has 4 nitrogen and oxygen atoms in total. The predicted octanol–water partition coefficient (Wildman–Crippen LogP) is 1.42. The van der Waals surface area contributed by atoms with Crippen LogP contribution in [-0.4, -0.2) is 35.6 Å². The fourth-order valence-electron chi connectivity index (χ4n) is 2.48. The Hall–Kier alpha value is -1.55. The molecule has 0 radical (unpaired) electrons. The molecule has 0 bridgehead atoms. The van der Waals surface area contributed by atoms with Crippen molar-refractivity contribution >= 4 is 11.6 Å². The number of aliphatic hydroxyl groups is 1. The van der Waals surface area contributed by atoms with Gasteiger partial charge in [0.1, 0.15) is 0 Å². The molecule has 1 saturated heterocycles. The molecule has 4 heteroatoms. The zero-order valence-corrected chi connectivity index (χ0v) is 10.7. The first-order valence-corrected chi connectivity index (χ1v) is 6.38. The molecular formula is C14H20N2O2. The molecule has 1 fully saturated rings. The van der Waals surface area contributed by atoms with Gasteiger partial charge in [-0.1, -0.05) is 6.07 Å². The van der Waals surface area contributed by atoms with Crippen LogP contribution in [0.15, 0.2) is 18.2 Å². The normalized spacial score (nSPS) is 19.2. The van der Waals surface area contributed by atoms with E-state index in [1.165, 1.54) is 0 Å². The summed E-state index contributed by atoms with van der Waals surface area (Å²) in [6, 6.07) is 5.53. The Morgan fingerprint density at radius 3 is 3.00 bits per heavy atom. The molecule has 2 rings (SSSR count). The second kappa shape index (κ2) is 5.40. The van der Waals surface area contributed by atoms with Crippen molar-refractivity contribution in [3.63, 3.8) is 0 Å². The summed E-state index contributed by atoms with van der Waals surface area (Å²) in [6.07, 6.45) is 1.74. The van der Waals surface area contributed by atoms with Crippen LogP contribution in [0.3, 0.4) is 0 Å². The first kappa shape index (κ1) is 12.9. The maximum absolute atomic E-state index is 12.3. The predicted molar refractivity (Wildman–Crippen MR) is 71.3 cm³/mol. The van der Waals surface area contributed by atoms with Crippen molar-refractivity contribution in [1.29, 1.82) is 0 Å². The molecule has 98 valence electrons.